The van der Waals surface area contributed by atoms with Crippen molar-refractivity contribution in [3.05, 3.63) is 30.4 Å². The van der Waals surface area contributed by atoms with E-state index in [4.69, 9.17) is 0 Å². The molecule has 3 heteroatoms. The summed E-state index contributed by atoms with van der Waals surface area (Å²) < 4.78 is 0. The van der Waals surface area contributed by atoms with Crippen LogP contribution in [0.25, 0.3) is 11.0 Å². The van der Waals surface area contributed by atoms with Gasteiger partial charge in [-0.25, -0.2) is 9.97 Å². The van der Waals surface area contributed by atoms with Gasteiger partial charge in [-0.2, -0.15) is 0 Å². The summed E-state index contributed by atoms with van der Waals surface area (Å²) in [6.45, 7) is 6.04. The Labute approximate surface area is 84.2 Å². The predicted molar refractivity (Wildman–Crippen MR) is 58.1 cm³/mol. The molecule has 3 nitrogen and oxygen atoms in total. The third-order valence-electron chi connectivity index (χ3n) is 1.72. The van der Waals surface area contributed by atoms with Crippen molar-refractivity contribution in [1.29, 1.82) is 0 Å². The van der Waals surface area contributed by atoms with Crippen LogP contribution in [0, 0.1) is 0 Å². The molecule has 2 rings (SSSR count). The van der Waals surface area contributed by atoms with Gasteiger partial charge in [-0.3, -0.25) is 4.98 Å². The summed E-state index contributed by atoms with van der Waals surface area (Å²) >= 11 is 0. The van der Waals surface area contributed by atoms with Crippen LogP contribution in [0.2, 0.25) is 0 Å². The number of aryl methyl sites for hydroxylation is 1. The number of hydrogen-bond acceptors (Lipinski definition) is 3. The van der Waals surface area contributed by atoms with E-state index < -0.39 is 0 Å². The van der Waals surface area contributed by atoms with Crippen molar-refractivity contribution >= 4 is 11.0 Å². The number of rotatable bonds is 1. The first-order valence-electron chi connectivity index (χ1n) is 4.97. The molecule has 0 aliphatic carbocycles. The molecule has 0 saturated carbocycles. The molecule has 0 aromatic carbocycles. The van der Waals surface area contributed by atoms with E-state index in [1.54, 1.807) is 12.4 Å². The zero-order chi connectivity index (χ0) is 10.4. The van der Waals surface area contributed by atoms with Crippen LogP contribution in [0.5, 0.6) is 0 Å². The molecule has 74 valence electrons. The second kappa shape index (κ2) is 5.27. The van der Waals surface area contributed by atoms with E-state index in [1.165, 1.54) is 0 Å². The molecule has 0 aliphatic rings. The zero-order valence-corrected chi connectivity index (χ0v) is 8.86. The Morgan fingerprint density at radius 2 is 1.93 bits per heavy atom. The summed E-state index contributed by atoms with van der Waals surface area (Å²) in [7, 11) is 0. The first-order valence-corrected chi connectivity index (χ1v) is 4.97. The summed E-state index contributed by atoms with van der Waals surface area (Å²) in [5.74, 6) is 0.871. The van der Waals surface area contributed by atoms with Crippen LogP contribution in [0.1, 0.15) is 26.6 Å². The number of aromatic nitrogens is 3. The highest BCUT2D eigenvalue weighted by molar-refractivity contribution is 5.72. The molecule has 0 amide bonds. The number of hydrogen-bond donors (Lipinski definition) is 0. The molecular weight excluding hydrogens is 174 g/mol. The Morgan fingerprint density at radius 1 is 1.14 bits per heavy atom. The van der Waals surface area contributed by atoms with Crippen molar-refractivity contribution in [2.45, 2.75) is 27.2 Å². The van der Waals surface area contributed by atoms with E-state index in [2.05, 4.69) is 15.0 Å². The molecule has 0 N–H and O–H groups in total. The van der Waals surface area contributed by atoms with Crippen molar-refractivity contribution in [2.24, 2.45) is 0 Å². The maximum absolute atomic E-state index is 4.32. The van der Waals surface area contributed by atoms with Gasteiger partial charge >= 0.3 is 0 Å². The molecule has 0 saturated heterocycles. The second-order valence-corrected chi connectivity index (χ2v) is 2.55. The van der Waals surface area contributed by atoms with Crippen LogP contribution in [0.3, 0.4) is 0 Å². The maximum Gasteiger partial charge on any atom is 0.128 e. The first-order chi connectivity index (χ1) is 6.90. The quantitative estimate of drug-likeness (QED) is 0.692. The fourth-order valence-electron chi connectivity index (χ4n) is 1.08. The zero-order valence-electron chi connectivity index (χ0n) is 8.86. The van der Waals surface area contributed by atoms with Gasteiger partial charge in [-0.1, -0.05) is 20.8 Å². The fourth-order valence-corrected chi connectivity index (χ4v) is 1.08. The average Bonchev–Trinajstić information content (AvgIpc) is 2.31. The van der Waals surface area contributed by atoms with Crippen LogP contribution < -0.4 is 0 Å². The second-order valence-electron chi connectivity index (χ2n) is 2.55. The van der Waals surface area contributed by atoms with Gasteiger partial charge in [0.1, 0.15) is 11.3 Å². The van der Waals surface area contributed by atoms with Gasteiger partial charge in [-0.15, -0.1) is 0 Å². The van der Waals surface area contributed by atoms with Crippen molar-refractivity contribution < 1.29 is 0 Å². The summed E-state index contributed by atoms with van der Waals surface area (Å²) in [5, 5.41) is 0. The van der Waals surface area contributed by atoms with Crippen LogP contribution in [0.4, 0.5) is 0 Å². The Bertz CT molecular complexity index is 398. The van der Waals surface area contributed by atoms with Crippen molar-refractivity contribution in [3.8, 4) is 0 Å². The molecule has 0 atom stereocenters. The lowest BCUT2D eigenvalue weighted by atomic mass is 10.3. The molecule has 0 radical (unpaired) electrons. The monoisotopic (exact) mass is 189 g/mol. The van der Waals surface area contributed by atoms with Crippen LogP contribution in [0.15, 0.2) is 24.5 Å². The lowest BCUT2D eigenvalue weighted by Crippen LogP contribution is -1.92. The van der Waals surface area contributed by atoms with E-state index in [0.29, 0.717) is 0 Å². The summed E-state index contributed by atoms with van der Waals surface area (Å²) in [4.78, 5) is 12.6. The number of fused-ring (bicyclic) bond motifs is 1. The van der Waals surface area contributed by atoms with Gasteiger partial charge in [-0.05, 0) is 12.1 Å². The van der Waals surface area contributed by atoms with E-state index in [9.17, 15) is 0 Å². The molecule has 2 aromatic rings. The minimum atomic E-state index is 0.856. The number of nitrogens with zero attached hydrogens (tertiary/aromatic N) is 3. The van der Waals surface area contributed by atoms with Gasteiger partial charge in [0.05, 0.1) is 11.7 Å². The predicted octanol–water partition coefficient (Wildman–Crippen LogP) is 2.61. The first kappa shape index (κ1) is 10.6. The van der Waals surface area contributed by atoms with E-state index in [0.717, 1.165) is 23.3 Å². The Balaban J connectivity index is 0.000000461. The highest BCUT2D eigenvalue weighted by Gasteiger charge is 1.96. The lowest BCUT2D eigenvalue weighted by Gasteiger charge is -1.96. The van der Waals surface area contributed by atoms with Gasteiger partial charge in [0.2, 0.25) is 0 Å². The number of pyridine rings is 1. The highest BCUT2D eigenvalue weighted by Crippen LogP contribution is 2.05. The minimum absolute atomic E-state index is 0.856. The smallest absolute Gasteiger partial charge is 0.128 e. The van der Waals surface area contributed by atoms with Crippen molar-refractivity contribution in [2.75, 3.05) is 0 Å². The van der Waals surface area contributed by atoms with Gasteiger partial charge in [0.25, 0.3) is 0 Å². The lowest BCUT2D eigenvalue weighted by molar-refractivity contribution is 0.957. The summed E-state index contributed by atoms with van der Waals surface area (Å²) in [6, 6.07) is 3.83. The molecule has 0 aliphatic heterocycles. The molecule has 0 fully saturated rings. The Morgan fingerprint density at radius 3 is 2.64 bits per heavy atom. The van der Waals surface area contributed by atoms with E-state index >= 15 is 0 Å². The SMILES string of the molecule is CC.CCc1ncc2ncccc2n1. The molecule has 14 heavy (non-hydrogen) atoms. The molecule has 2 heterocycles. The molecule has 0 spiro atoms. The minimum Gasteiger partial charge on any atom is -0.253 e. The molecular formula is C11H15N3. The topological polar surface area (TPSA) is 38.7 Å². The molecule has 0 unspecified atom stereocenters. The van der Waals surface area contributed by atoms with Gasteiger partial charge < -0.3 is 0 Å². The maximum atomic E-state index is 4.32. The summed E-state index contributed by atoms with van der Waals surface area (Å²) in [5.41, 5.74) is 1.78. The van der Waals surface area contributed by atoms with Crippen molar-refractivity contribution in [1.82, 2.24) is 15.0 Å². The van der Waals surface area contributed by atoms with E-state index in [1.807, 2.05) is 32.9 Å². The standard InChI is InChI=1S/C9H9N3.C2H6/c1-2-9-11-6-8-7(12-9)4-3-5-10-8;1-2/h3-6H,2H2,1H3;1-2H3. The van der Waals surface area contributed by atoms with E-state index in [-0.39, 0.29) is 0 Å². The highest BCUT2D eigenvalue weighted by atomic mass is 14.9. The fraction of sp³-hybridized carbons (Fsp3) is 0.364. The Kier molecular flexibility index (Phi) is 3.98. The molecule has 0 bridgehead atoms. The van der Waals surface area contributed by atoms with Gasteiger partial charge in [0, 0.05) is 12.6 Å². The Hall–Kier alpha value is -1.51. The molecule has 2 aromatic heterocycles. The third-order valence-corrected chi connectivity index (χ3v) is 1.72. The summed E-state index contributed by atoms with van der Waals surface area (Å²) in [6.07, 6.45) is 4.38. The van der Waals surface area contributed by atoms with Crippen LogP contribution in [-0.4, -0.2) is 15.0 Å². The van der Waals surface area contributed by atoms with Gasteiger partial charge in [0.15, 0.2) is 0 Å². The average molecular weight is 189 g/mol. The normalized spacial score (nSPS) is 9.36. The van der Waals surface area contributed by atoms with Crippen LogP contribution in [-0.2, 0) is 6.42 Å². The third kappa shape index (κ3) is 2.25. The largest absolute Gasteiger partial charge is 0.253 e. The van der Waals surface area contributed by atoms with Crippen LogP contribution >= 0.6 is 0 Å². The van der Waals surface area contributed by atoms with Crippen molar-refractivity contribution in [3.63, 3.8) is 0 Å².